The van der Waals surface area contributed by atoms with E-state index in [-0.39, 0.29) is 11.9 Å². The van der Waals surface area contributed by atoms with Crippen molar-refractivity contribution >= 4 is 17.2 Å². The average Bonchev–Trinajstić information content (AvgIpc) is 2.84. The fourth-order valence-electron chi connectivity index (χ4n) is 2.97. The second kappa shape index (κ2) is 7.57. The van der Waals surface area contributed by atoms with Gasteiger partial charge in [-0.25, -0.2) is 0 Å². The molecule has 1 amide bonds. The molecule has 1 aliphatic rings. The van der Waals surface area contributed by atoms with Crippen molar-refractivity contribution in [1.29, 1.82) is 0 Å². The maximum absolute atomic E-state index is 12.5. The van der Waals surface area contributed by atoms with Gasteiger partial charge in [0.15, 0.2) is 0 Å². The van der Waals surface area contributed by atoms with Crippen molar-refractivity contribution in [3.8, 4) is 0 Å². The zero-order valence-electron chi connectivity index (χ0n) is 14.5. The van der Waals surface area contributed by atoms with Gasteiger partial charge in [-0.15, -0.1) is 11.3 Å². The van der Waals surface area contributed by atoms with Crippen LogP contribution in [0.4, 0.5) is 0 Å². The Kier molecular flexibility index (Phi) is 6.01. The molecular formula is C17H29N3OS. The van der Waals surface area contributed by atoms with Gasteiger partial charge in [0.1, 0.15) is 0 Å². The lowest BCUT2D eigenvalue weighted by atomic mass is 10.1. The minimum absolute atomic E-state index is 0.00750. The highest BCUT2D eigenvalue weighted by Crippen LogP contribution is 2.21. The summed E-state index contributed by atoms with van der Waals surface area (Å²) < 4.78 is 0. The van der Waals surface area contributed by atoms with E-state index in [1.165, 1.54) is 10.4 Å². The molecule has 1 aromatic rings. The van der Waals surface area contributed by atoms with Crippen LogP contribution >= 0.6 is 11.3 Å². The Morgan fingerprint density at radius 3 is 2.73 bits per heavy atom. The maximum atomic E-state index is 12.5. The molecule has 124 valence electrons. The summed E-state index contributed by atoms with van der Waals surface area (Å²) in [5, 5.41) is 2.23. The first-order valence-electron chi connectivity index (χ1n) is 8.10. The number of carbonyl (C=O) groups is 1. The molecule has 1 atom stereocenters. The lowest BCUT2D eigenvalue weighted by molar-refractivity contribution is -0.141. The normalized spacial score (nSPS) is 20.4. The average molecular weight is 324 g/mol. The van der Waals surface area contributed by atoms with Gasteiger partial charge in [0.25, 0.3) is 0 Å². The Hall–Kier alpha value is -0.910. The van der Waals surface area contributed by atoms with Crippen LogP contribution in [0.15, 0.2) is 11.4 Å². The molecule has 0 aromatic carbocycles. The first-order chi connectivity index (χ1) is 10.4. The van der Waals surface area contributed by atoms with Crippen molar-refractivity contribution in [3.05, 3.63) is 21.9 Å². The van der Waals surface area contributed by atoms with Crippen molar-refractivity contribution in [2.75, 3.05) is 33.7 Å². The van der Waals surface area contributed by atoms with Crippen molar-refractivity contribution in [1.82, 2.24) is 14.7 Å². The smallest absolute Gasteiger partial charge is 0.239 e. The number of carbonyl (C=O) groups excluding carboxylic acids is 1. The van der Waals surface area contributed by atoms with E-state index in [0.29, 0.717) is 5.92 Å². The molecule has 1 aliphatic heterocycles. The second-order valence-electron chi connectivity index (χ2n) is 6.98. The monoisotopic (exact) mass is 323 g/mol. The maximum Gasteiger partial charge on any atom is 0.239 e. The third kappa shape index (κ3) is 4.54. The number of amides is 1. The molecule has 0 N–H and O–H groups in total. The Morgan fingerprint density at radius 2 is 2.09 bits per heavy atom. The van der Waals surface area contributed by atoms with Gasteiger partial charge in [-0.05, 0) is 43.9 Å². The molecular weight excluding hydrogens is 294 g/mol. The van der Waals surface area contributed by atoms with E-state index in [1.54, 1.807) is 11.3 Å². The molecule has 0 saturated carbocycles. The van der Waals surface area contributed by atoms with Crippen LogP contribution in [0, 0.1) is 5.92 Å². The van der Waals surface area contributed by atoms with Crippen LogP contribution in [-0.4, -0.2) is 60.4 Å². The highest BCUT2D eigenvalue weighted by molar-refractivity contribution is 7.10. The van der Waals surface area contributed by atoms with E-state index in [4.69, 9.17) is 0 Å². The molecule has 0 spiro atoms. The highest BCUT2D eigenvalue weighted by atomic mass is 32.1. The third-order valence-corrected chi connectivity index (χ3v) is 5.00. The molecule has 0 aliphatic carbocycles. The molecule has 1 aromatic heterocycles. The topological polar surface area (TPSA) is 26.8 Å². The molecule has 1 fully saturated rings. The molecule has 0 radical (unpaired) electrons. The van der Waals surface area contributed by atoms with E-state index >= 15 is 0 Å². The highest BCUT2D eigenvalue weighted by Gasteiger charge is 2.31. The fourth-order valence-corrected chi connectivity index (χ4v) is 3.87. The summed E-state index contributed by atoms with van der Waals surface area (Å²) in [5.74, 6) is 0.818. The van der Waals surface area contributed by atoms with Gasteiger partial charge in [0.2, 0.25) is 5.91 Å². The summed E-state index contributed by atoms with van der Waals surface area (Å²) in [5.41, 5.74) is 1.36. The zero-order chi connectivity index (χ0) is 16.3. The Morgan fingerprint density at radius 1 is 1.36 bits per heavy atom. The fraction of sp³-hybridized carbons (Fsp3) is 0.706. The molecule has 2 rings (SSSR count). The predicted octanol–water partition coefficient (Wildman–Crippen LogP) is 2.50. The minimum atomic E-state index is -0.00750. The number of rotatable bonds is 6. The first-order valence-corrected chi connectivity index (χ1v) is 8.98. The lowest BCUT2D eigenvalue weighted by Gasteiger charge is -2.39. The zero-order valence-corrected chi connectivity index (χ0v) is 15.3. The van der Waals surface area contributed by atoms with Crippen LogP contribution in [0.5, 0.6) is 0 Å². The quantitative estimate of drug-likeness (QED) is 0.805. The molecule has 4 nitrogen and oxygen atoms in total. The molecule has 1 saturated heterocycles. The van der Waals surface area contributed by atoms with E-state index < -0.39 is 0 Å². The number of hydrogen-bond acceptors (Lipinski definition) is 4. The van der Waals surface area contributed by atoms with Crippen molar-refractivity contribution in [3.63, 3.8) is 0 Å². The number of nitrogens with zero attached hydrogens (tertiary/aromatic N) is 3. The minimum Gasteiger partial charge on any atom is -0.340 e. The largest absolute Gasteiger partial charge is 0.340 e. The van der Waals surface area contributed by atoms with Crippen molar-refractivity contribution in [2.24, 2.45) is 5.92 Å². The van der Waals surface area contributed by atoms with Crippen LogP contribution in [0.3, 0.4) is 0 Å². The molecule has 5 heteroatoms. The summed E-state index contributed by atoms with van der Waals surface area (Å²) in [7, 11) is 4.18. The van der Waals surface area contributed by atoms with E-state index in [9.17, 15) is 4.79 Å². The van der Waals surface area contributed by atoms with Gasteiger partial charge in [0.05, 0.1) is 6.04 Å². The SMILES string of the molecule is CC(C)CN1CCN(Cc2cc(CN(C)C)cs2)[C@@H](C)C1=O. The molecule has 22 heavy (non-hydrogen) atoms. The van der Waals surface area contributed by atoms with E-state index in [0.717, 1.165) is 32.7 Å². The van der Waals surface area contributed by atoms with Gasteiger partial charge in [-0.3, -0.25) is 9.69 Å². The van der Waals surface area contributed by atoms with Gasteiger partial charge in [-0.2, -0.15) is 0 Å². The standard InChI is InChI=1S/C17H29N3OS/c1-13(2)9-20-7-6-19(14(3)17(20)21)11-16-8-15(12-22-16)10-18(4)5/h8,12-14H,6-7,9-11H2,1-5H3/t14-/m0/s1. The van der Waals surface area contributed by atoms with Gasteiger partial charge in [0, 0.05) is 37.6 Å². The summed E-state index contributed by atoms with van der Waals surface area (Å²) >= 11 is 1.81. The van der Waals surface area contributed by atoms with Crippen LogP contribution in [0.25, 0.3) is 0 Å². The molecule has 0 bridgehead atoms. The van der Waals surface area contributed by atoms with Crippen LogP contribution in [0.1, 0.15) is 31.2 Å². The van der Waals surface area contributed by atoms with Crippen molar-refractivity contribution in [2.45, 2.75) is 39.9 Å². The number of hydrogen-bond donors (Lipinski definition) is 0. The lowest BCUT2D eigenvalue weighted by Crippen LogP contribution is -2.55. The van der Waals surface area contributed by atoms with Gasteiger partial charge in [-0.1, -0.05) is 13.8 Å². The second-order valence-corrected chi connectivity index (χ2v) is 7.98. The predicted molar refractivity (Wildman–Crippen MR) is 93.0 cm³/mol. The molecule has 0 unspecified atom stereocenters. The van der Waals surface area contributed by atoms with Crippen LogP contribution in [0.2, 0.25) is 0 Å². The Balaban J connectivity index is 1.94. The van der Waals surface area contributed by atoms with E-state index in [2.05, 4.69) is 49.2 Å². The van der Waals surface area contributed by atoms with Crippen molar-refractivity contribution < 1.29 is 4.79 Å². The van der Waals surface area contributed by atoms with E-state index in [1.807, 2.05) is 11.8 Å². The summed E-state index contributed by atoms with van der Waals surface area (Å²) in [4.78, 5) is 20.4. The van der Waals surface area contributed by atoms with Gasteiger partial charge < -0.3 is 9.80 Å². The summed E-state index contributed by atoms with van der Waals surface area (Å²) in [6.45, 7) is 11.0. The summed E-state index contributed by atoms with van der Waals surface area (Å²) in [6, 6.07) is 2.27. The Labute approximate surface area is 138 Å². The van der Waals surface area contributed by atoms with Crippen LogP contribution in [-0.2, 0) is 17.9 Å². The Bertz CT molecular complexity index is 498. The van der Waals surface area contributed by atoms with Crippen LogP contribution < -0.4 is 0 Å². The summed E-state index contributed by atoms with van der Waals surface area (Å²) in [6.07, 6.45) is 0. The number of thiophene rings is 1. The third-order valence-electron chi connectivity index (χ3n) is 4.03. The first kappa shape index (κ1) is 17.4. The molecule has 2 heterocycles. The van der Waals surface area contributed by atoms with Gasteiger partial charge >= 0.3 is 0 Å². The number of piperazine rings is 1.